The van der Waals surface area contributed by atoms with Gasteiger partial charge < -0.3 is 10.5 Å². The molecule has 45 heavy (non-hydrogen) atoms. The summed E-state index contributed by atoms with van der Waals surface area (Å²) in [6.07, 6.45) is 6.41. The van der Waals surface area contributed by atoms with E-state index in [9.17, 15) is 0 Å². The Bertz CT molecular complexity index is 1640. The maximum atomic E-state index is 15.6. The van der Waals surface area contributed by atoms with Gasteiger partial charge in [-0.3, -0.25) is 0 Å². The Hall–Kier alpha value is -3.08. The molecule has 0 radical (unpaired) electrons. The van der Waals surface area contributed by atoms with Gasteiger partial charge in [0.05, 0.1) is 6.61 Å². The summed E-state index contributed by atoms with van der Waals surface area (Å²) >= 11 is 2.20. The first-order chi connectivity index (χ1) is 21.4. The third-order valence-corrected chi connectivity index (χ3v) is 10.3. The van der Waals surface area contributed by atoms with E-state index in [-0.39, 0.29) is 20.9 Å². The highest BCUT2D eigenvalue weighted by atomic mass is 32.1. The van der Waals surface area contributed by atoms with Crippen LogP contribution in [-0.4, -0.2) is 30.9 Å². The van der Waals surface area contributed by atoms with Gasteiger partial charge >= 0.3 is 17.8 Å². The molecule has 4 aromatic rings. The van der Waals surface area contributed by atoms with Crippen LogP contribution >= 0.6 is 22.7 Å². The topological polar surface area (TPSA) is 35.2 Å². The van der Waals surface area contributed by atoms with Crippen molar-refractivity contribution in [3.8, 4) is 26.6 Å². The number of rotatable bonds is 13. The molecule has 240 valence electrons. The number of hydrogen-bond acceptors (Lipinski definition) is 4. The second-order valence-electron chi connectivity index (χ2n) is 11.3. The zero-order valence-corrected chi connectivity index (χ0v) is 26.7. The highest BCUT2D eigenvalue weighted by molar-refractivity contribution is 7.16. The van der Waals surface area contributed by atoms with Crippen molar-refractivity contribution >= 4 is 33.8 Å². The van der Waals surface area contributed by atoms with Crippen molar-refractivity contribution in [1.29, 1.82) is 0 Å². The quantitative estimate of drug-likeness (QED) is 0.114. The van der Waals surface area contributed by atoms with Gasteiger partial charge in [0, 0.05) is 30.7 Å². The van der Waals surface area contributed by atoms with Gasteiger partial charge in [-0.25, -0.2) is 0 Å². The van der Waals surface area contributed by atoms with Crippen LogP contribution in [0.4, 0.5) is 26.3 Å². The fourth-order valence-electron chi connectivity index (χ4n) is 5.64. The van der Waals surface area contributed by atoms with Gasteiger partial charge in [-0.2, -0.15) is 26.3 Å². The lowest BCUT2D eigenvalue weighted by Gasteiger charge is -2.25. The minimum absolute atomic E-state index is 0.244. The minimum atomic E-state index is -5.61. The molecule has 5 rings (SSSR count). The van der Waals surface area contributed by atoms with Gasteiger partial charge in [0.1, 0.15) is 5.75 Å². The van der Waals surface area contributed by atoms with Crippen LogP contribution in [0, 0.1) is 13.8 Å². The summed E-state index contributed by atoms with van der Waals surface area (Å²) < 4.78 is 98.0. The fourth-order valence-corrected chi connectivity index (χ4v) is 7.70. The average Bonchev–Trinajstić information content (AvgIpc) is 3.61. The first-order valence-electron chi connectivity index (χ1n) is 15.0. The summed E-state index contributed by atoms with van der Waals surface area (Å²) in [7, 11) is 0. The molecule has 2 nitrogen and oxygen atoms in total. The lowest BCUT2D eigenvalue weighted by molar-refractivity contribution is -0.254. The normalized spacial score (nSPS) is 16.8. The Kier molecular flexibility index (Phi) is 9.87. The number of nitrogens with two attached hydrogens (primary N) is 1. The van der Waals surface area contributed by atoms with Gasteiger partial charge in [0.15, 0.2) is 0 Å². The molecule has 10 heteroatoms. The lowest BCUT2D eigenvalue weighted by atomic mass is 9.94. The predicted octanol–water partition coefficient (Wildman–Crippen LogP) is 11.3. The van der Waals surface area contributed by atoms with Crippen LogP contribution in [0.5, 0.6) is 5.75 Å². The molecule has 2 aromatic heterocycles. The van der Waals surface area contributed by atoms with E-state index in [0.29, 0.717) is 39.8 Å². The molecule has 0 aliphatic heterocycles. The number of halogens is 6. The van der Waals surface area contributed by atoms with Crippen LogP contribution in [0.1, 0.15) is 59.4 Å². The van der Waals surface area contributed by atoms with Gasteiger partial charge in [-0.15, -0.1) is 22.7 Å². The van der Waals surface area contributed by atoms with Gasteiger partial charge in [0.2, 0.25) is 0 Å². The zero-order valence-electron chi connectivity index (χ0n) is 25.1. The fraction of sp³-hybridized carbons (Fsp3) is 0.371. The number of hydrogen-bond donors (Lipinski definition) is 1. The van der Waals surface area contributed by atoms with Crippen LogP contribution < -0.4 is 10.5 Å². The van der Waals surface area contributed by atoms with E-state index in [1.54, 1.807) is 54.6 Å². The molecule has 0 saturated carbocycles. The number of alkyl halides is 6. The highest BCUT2D eigenvalue weighted by Crippen LogP contribution is 2.66. The van der Waals surface area contributed by atoms with Crippen molar-refractivity contribution in [3.63, 3.8) is 0 Å². The van der Waals surface area contributed by atoms with Crippen LogP contribution in [0.3, 0.4) is 0 Å². The number of thiophene rings is 2. The zero-order chi connectivity index (χ0) is 32.4. The van der Waals surface area contributed by atoms with E-state index >= 15 is 26.3 Å². The van der Waals surface area contributed by atoms with Crippen molar-refractivity contribution in [2.24, 2.45) is 5.73 Å². The second-order valence-corrected chi connectivity index (χ2v) is 13.8. The molecule has 0 unspecified atom stereocenters. The molecule has 2 N–H and O–H groups in total. The molecule has 2 aromatic carbocycles. The van der Waals surface area contributed by atoms with Crippen LogP contribution in [0.15, 0.2) is 66.7 Å². The van der Waals surface area contributed by atoms with Crippen LogP contribution in [0.25, 0.3) is 32.0 Å². The Morgan fingerprint density at radius 1 is 0.622 bits per heavy atom. The van der Waals surface area contributed by atoms with E-state index in [1.807, 2.05) is 0 Å². The Morgan fingerprint density at radius 2 is 1.09 bits per heavy atom. The minimum Gasteiger partial charge on any atom is -0.494 e. The first-order valence-corrected chi connectivity index (χ1v) is 16.6. The molecule has 0 fully saturated rings. The predicted molar refractivity (Wildman–Crippen MR) is 173 cm³/mol. The SMILES string of the molecule is Cc1sc(-c2ccccc2)cc1C1=C(c2cc(-c3ccc(OCCCCCCCCN)cc3)sc2C)C(F)(F)C(F)(F)C1(F)F. The molecule has 1 aliphatic rings. The number of allylic oxidation sites excluding steroid dienone is 2. The Balaban J connectivity index is 1.44. The summed E-state index contributed by atoms with van der Waals surface area (Å²) in [5.41, 5.74) is 3.61. The Labute approximate surface area is 267 Å². The van der Waals surface area contributed by atoms with Crippen molar-refractivity contribution in [1.82, 2.24) is 0 Å². The summed E-state index contributed by atoms with van der Waals surface area (Å²) in [4.78, 5) is 1.52. The van der Waals surface area contributed by atoms with E-state index < -0.39 is 28.9 Å². The monoisotopic (exact) mass is 663 g/mol. The number of unbranched alkanes of at least 4 members (excludes halogenated alkanes) is 5. The van der Waals surface area contributed by atoms with Crippen molar-refractivity contribution in [2.45, 2.75) is 70.1 Å². The second kappa shape index (κ2) is 13.3. The maximum absolute atomic E-state index is 15.6. The molecule has 0 saturated heterocycles. The average molecular weight is 664 g/mol. The van der Waals surface area contributed by atoms with Crippen LogP contribution in [0.2, 0.25) is 0 Å². The third-order valence-electron chi connectivity index (χ3n) is 8.11. The largest absolute Gasteiger partial charge is 0.494 e. The lowest BCUT2D eigenvalue weighted by Crippen LogP contribution is -2.48. The standard InChI is InChI=1S/C35H35F6NOS2/c1-22-27(20-29(44-22)24-12-8-7-9-13-24)31-32(34(38,39)35(40,41)33(31,36)37)28-21-30(45-23(28)2)25-14-16-26(17-15-25)43-19-11-6-4-3-5-10-18-42/h7-9,12-17,20-21H,3-6,10-11,18-19,42H2,1-2H3. The maximum Gasteiger partial charge on any atom is 0.380 e. The van der Waals surface area contributed by atoms with Crippen molar-refractivity contribution < 1.29 is 31.1 Å². The van der Waals surface area contributed by atoms with Crippen LogP contribution in [-0.2, 0) is 0 Å². The highest BCUT2D eigenvalue weighted by Gasteiger charge is 2.80. The molecule has 0 atom stereocenters. The molecule has 0 bridgehead atoms. The summed E-state index contributed by atoms with van der Waals surface area (Å²) in [5.74, 6) is -15.2. The molecule has 2 heterocycles. The first kappa shape index (κ1) is 33.3. The van der Waals surface area contributed by atoms with Crippen molar-refractivity contribution in [3.05, 3.63) is 87.6 Å². The van der Waals surface area contributed by atoms with E-state index in [0.717, 1.165) is 61.2 Å². The van der Waals surface area contributed by atoms with E-state index in [1.165, 1.54) is 26.0 Å². The van der Waals surface area contributed by atoms with Gasteiger partial charge in [-0.1, -0.05) is 56.0 Å². The number of benzene rings is 2. The molecule has 1 aliphatic carbocycles. The summed E-state index contributed by atoms with van der Waals surface area (Å²) in [6, 6.07) is 18.4. The Morgan fingerprint density at radius 3 is 1.60 bits per heavy atom. The third kappa shape index (κ3) is 6.33. The number of aryl methyl sites for hydroxylation is 2. The molecular formula is C35H35F6NOS2. The van der Waals surface area contributed by atoms with E-state index in [4.69, 9.17) is 10.5 Å². The molecule has 0 spiro atoms. The summed E-state index contributed by atoms with van der Waals surface area (Å²) in [6.45, 7) is 4.25. The summed E-state index contributed by atoms with van der Waals surface area (Å²) in [5, 5.41) is 0. The van der Waals surface area contributed by atoms with E-state index in [2.05, 4.69) is 0 Å². The smallest absolute Gasteiger partial charge is 0.380 e. The molecule has 0 amide bonds. The van der Waals surface area contributed by atoms with Crippen molar-refractivity contribution in [2.75, 3.05) is 13.2 Å². The van der Waals surface area contributed by atoms with Gasteiger partial charge in [0.25, 0.3) is 0 Å². The number of ether oxygens (including phenoxy) is 1. The molecular weight excluding hydrogens is 629 g/mol. The van der Waals surface area contributed by atoms with Gasteiger partial charge in [-0.05, 0) is 91.9 Å².